The summed E-state index contributed by atoms with van der Waals surface area (Å²) in [5.74, 6) is 2.34. The fourth-order valence-corrected chi connectivity index (χ4v) is 3.53. The van der Waals surface area contributed by atoms with Gasteiger partial charge in [-0.2, -0.15) is 10.2 Å². The minimum atomic E-state index is 0.233. The number of anilines is 1. The van der Waals surface area contributed by atoms with E-state index >= 15 is 0 Å². The van der Waals surface area contributed by atoms with E-state index in [1.807, 2.05) is 97.1 Å². The molecule has 4 aromatic carbocycles. The zero-order valence-electron chi connectivity index (χ0n) is 17.2. The van der Waals surface area contributed by atoms with Gasteiger partial charge in [0.25, 0.3) is 0 Å². The number of ether oxygens (including phenoxy) is 1. The summed E-state index contributed by atoms with van der Waals surface area (Å²) in [6, 6.07) is 33.5. The van der Waals surface area contributed by atoms with Gasteiger partial charge in [-0.3, -0.25) is 0 Å². The fraction of sp³-hybridized carbons (Fsp3) is 0.0370. The average molecular weight is 417 g/mol. The van der Waals surface area contributed by atoms with Gasteiger partial charge in [0, 0.05) is 12.1 Å². The number of rotatable bonds is 6. The highest BCUT2D eigenvalue weighted by atomic mass is 16.5. The zero-order valence-corrected chi connectivity index (χ0v) is 17.2. The molecule has 0 spiro atoms. The Hall–Kier alpha value is -4.56. The predicted molar refractivity (Wildman–Crippen MR) is 124 cm³/mol. The number of para-hydroxylation sites is 1. The van der Waals surface area contributed by atoms with E-state index < -0.39 is 0 Å². The number of aromatic nitrogens is 1. The Bertz CT molecular complexity index is 1400. The summed E-state index contributed by atoms with van der Waals surface area (Å²) in [6.07, 6.45) is 0. The third kappa shape index (κ3) is 4.03. The molecule has 0 unspecified atom stereocenters. The van der Waals surface area contributed by atoms with Crippen LogP contribution in [0.2, 0.25) is 0 Å². The Kier molecular flexibility index (Phi) is 5.25. The molecule has 5 heteroatoms. The quantitative estimate of drug-likeness (QED) is 0.330. The van der Waals surface area contributed by atoms with Crippen LogP contribution in [0.5, 0.6) is 11.5 Å². The number of nitrogens with one attached hydrogen (secondary N) is 1. The molecule has 0 atom stereocenters. The van der Waals surface area contributed by atoms with Crippen molar-refractivity contribution in [2.24, 2.45) is 0 Å². The number of nitriles is 1. The number of hydrogen-bond acceptors (Lipinski definition) is 5. The van der Waals surface area contributed by atoms with E-state index in [-0.39, 0.29) is 5.69 Å². The Balaban J connectivity index is 1.33. The highest BCUT2D eigenvalue weighted by molar-refractivity contribution is 5.94. The van der Waals surface area contributed by atoms with Gasteiger partial charge in [0.05, 0.1) is 0 Å². The molecule has 0 aliphatic carbocycles. The number of oxazole rings is 1. The summed E-state index contributed by atoms with van der Waals surface area (Å²) in [5, 5.41) is 14.9. The van der Waals surface area contributed by atoms with Crippen molar-refractivity contribution in [2.45, 2.75) is 6.54 Å². The summed E-state index contributed by atoms with van der Waals surface area (Å²) in [7, 11) is 0. The minimum Gasteiger partial charge on any atom is -0.457 e. The van der Waals surface area contributed by atoms with E-state index in [0.29, 0.717) is 18.3 Å². The van der Waals surface area contributed by atoms with Crippen molar-refractivity contribution in [3.8, 4) is 29.0 Å². The van der Waals surface area contributed by atoms with Crippen LogP contribution in [0.3, 0.4) is 0 Å². The highest BCUT2D eigenvalue weighted by Gasteiger charge is 2.16. The number of fused-ring (bicyclic) bond motifs is 1. The molecule has 0 saturated heterocycles. The second kappa shape index (κ2) is 8.66. The van der Waals surface area contributed by atoms with Crippen molar-refractivity contribution in [1.29, 1.82) is 5.26 Å². The van der Waals surface area contributed by atoms with Crippen LogP contribution in [0.25, 0.3) is 22.2 Å². The SMILES string of the molecule is N#Cc1nc(-c2cccc3ccccc23)oc1NCc1ccc(Oc2ccccc2)cc1. The van der Waals surface area contributed by atoms with Gasteiger partial charge in [-0.05, 0) is 46.7 Å². The third-order valence-electron chi connectivity index (χ3n) is 5.11. The molecule has 5 nitrogen and oxygen atoms in total. The molecule has 0 amide bonds. The average Bonchev–Trinajstić information content (AvgIpc) is 3.27. The molecule has 0 saturated carbocycles. The molecular formula is C27H19N3O2. The van der Waals surface area contributed by atoms with Gasteiger partial charge in [0.2, 0.25) is 17.5 Å². The molecule has 1 N–H and O–H groups in total. The van der Waals surface area contributed by atoms with Gasteiger partial charge in [-0.25, -0.2) is 0 Å². The lowest BCUT2D eigenvalue weighted by atomic mass is 10.0. The van der Waals surface area contributed by atoms with E-state index in [4.69, 9.17) is 9.15 Å². The summed E-state index contributed by atoms with van der Waals surface area (Å²) in [6.45, 7) is 0.491. The zero-order chi connectivity index (χ0) is 21.8. The first-order valence-corrected chi connectivity index (χ1v) is 10.2. The monoisotopic (exact) mass is 417 g/mol. The van der Waals surface area contributed by atoms with Crippen molar-refractivity contribution < 1.29 is 9.15 Å². The van der Waals surface area contributed by atoms with Crippen LogP contribution in [-0.4, -0.2) is 4.98 Å². The van der Waals surface area contributed by atoms with Gasteiger partial charge in [0.1, 0.15) is 17.6 Å². The normalized spacial score (nSPS) is 10.6. The standard InChI is InChI=1S/C27H19N3O2/c28-17-25-27(32-26(30-25)24-12-6-8-20-7-4-5-11-23(20)24)29-18-19-13-15-22(16-14-19)31-21-9-2-1-3-10-21/h1-16,29H,18H2. The van der Waals surface area contributed by atoms with Crippen LogP contribution in [0.1, 0.15) is 11.3 Å². The summed E-state index contributed by atoms with van der Waals surface area (Å²) >= 11 is 0. The van der Waals surface area contributed by atoms with Crippen LogP contribution in [0.15, 0.2) is 101 Å². The molecule has 32 heavy (non-hydrogen) atoms. The first-order chi connectivity index (χ1) is 15.8. The summed E-state index contributed by atoms with van der Waals surface area (Å²) in [5.41, 5.74) is 2.12. The number of nitrogens with zero attached hydrogens (tertiary/aromatic N) is 2. The maximum Gasteiger partial charge on any atom is 0.232 e. The lowest BCUT2D eigenvalue weighted by Crippen LogP contribution is -1.99. The van der Waals surface area contributed by atoms with Crippen LogP contribution in [-0.2, 0) is 6.54 Å². The predicted octanol–water partition coefficient (Wildman–Crippen LogP) is 6.77. The van der Waals surface area contributed by atoms with Crippen molar-refractivity contribution in [2.75, 3.05) is 5.32 Å². The van der Waals surface area contributed by atoms with Gasteiger partial charge in [-0.1, -0.05) is 66.7 Å². The van der Waals surface area contributed by atoms with E-state index in [9.17, 15) is 5.26 Å². The first-order valence-electron chi connectivity index (χ1n) is 10.2. The molecule has 0 radical (unpaired) electrons. The van der Waals surface area contributed by atoms with Crippen LogP contribution >= 0.6 is 0 Å². The largest absolute Gasteiger partial charge is 0.457 e. The van der Waals surface area contributed by atoms with Crippen molar-refractivity contribution >= 4 is 16.7 Å². The fourth-order valence-electron chi connectivity index (χ4n) is 3.53. The molecule has 0 aliphatic heterocycles. The van der Waals surface area contributed by atoms with Crippen molar-refractivity contribution in [1.82, 2.24) is 4.98 Å². The van der Waals surface area contributed by atoms with Crippen molar-refractivity contribution in [3.63, 3.8) is 0 Å². The molecule has 154 valence electrons. The first kappa shape index (κ1) is 19.4. The maximum atomic E-state index is 9.54. The Morgan fingerprint density at radius 3 is 2.34 bits per heavy atom. The van der Waals surface area contributed by atoms with Crippen LogP contribution in [0.4, 0.5) is 5.88 Å². The lowest BCUT2D eigenvalue weighted by molar-refractivity contribution is 0.482. The third-order valence-corrected chi connectivity index (χ3v) is 5.11. The van der Waals surface area contributed by atoms with Crippen LogP contribution < -0.4 is 10.1 Å². The molecule has 0 fully saturated rings. The van der Waals surface area contributed by atoms with E-state index in [0.717, 1.165) is 33.4 Å². The summed E-state index contributed by atoms with van der Waals surface area (Å²) < 4.78 is 11.8. The van der Waals surface area contributed by atoms with E-state index in [1.54, 1.807) is 0 Å². The van der Waals surface area contributed by atoms with Gasteiger partial charge in [0.15, 0.2) is 0 Å². The Morgan fingerprint density at radius 1 is 0.812 bits per heavy atom. The Morgan fingerprint density at radius 2 is 1.53 bits per heavy atom. The molecule has 0 bridgehead atoms. The minimum absolute atomic E-state index is 0.233. The molecule has 5 aromatic rings. The van der Waals surface area contributed by atoms with E-state index in [2.05, 4.69) is 16.4 Å². The molecular weight excluding hydrogens is 398 g/mol. The molecule has 1 heterocycles. The van der Waals surface area contributed by atoms with Crippen LogP contribution in [0, 0.1) is 11.3 Å². The molecule has 1 aromatic heterocycles. The number of hydrogen-bond donors (Lipinski definition) is 1. The lowest BCUT2D eigenvalue weighted by Gasteiger charge is -2.07. The van der Waals surface area contributed by atoms with Gasteiger partial charge < -0.3 is 14.5 Å². The van der Waals surface area contributed by atoms with E-state index in [1.165, 1.54) is 0 Å². The topological polar surface area (TPSA) is 71.1 Å². The van der Waals surface area contributed by atoms with Gasteiger partial charge >= 0.3 is 0 Å². The van der Waals surface area contributed by atoms with Crippen molar-refractivity contribution in [3.05, 3.63) is 108 Å². The summed E-state index contributed by atoms with van der Waals surface area (Å²) in [4.78, 5) is 4.41. The highest BCUT2D eigenvalue weighted by Crippen LogP contribution is 2.31. The smallest absolute Gasteiger partial charge is 0.232 e. The molecule has 5 rings (SSSR count). The Labute approximate surface area is 185 Å². The molecule has 0 aliphatic rings. The number of benzene rings is 4. The second-order valence-corrected chi connectivity index (χ2v) is 7.25. The van der Waals surface area contributed by atoms with Gasteiger partial charge in [-0.15, -0.1) is 0 Å². The maximum absolute atomic E-state index is 9.54. The second-order valence-electron chi connectivity index (χ2n) is 7.25.